The molecule has 7 heteroatoms. The lowest BCUT2D eigenvalue weighted by Gasteiger charge is -2.13. The maximum absolute atomic E-state index is 12.2. The number of carbonyl (C=O) groups is 1. The fraction of sp³-hybridized carbons (Fsp3) is 0.462. The molecule has 0 aliphatic heterocycles. The third-order valence-corrected chi connectivity index (χ3v) is 2.75. The molecular weight excluding hydrogens is 273 g/mol. The molecule has 0 spiro atoms. The molecule has 1 aliphatic carbocycles. The third kappa shape index (κ3) is 5.08. The van der Waals surface area contributed by atoms with Crippen LogP contribution in [0.1, 0.15) is 19.3 Å². The number of hydrogen-bond donors (Lipinski definition) is 2. The smallest absolute Gasteiger partial charge is 0.404 e. The molecule has 110 valence electrons. The highest BCUT2D eigenvalue weighted by atomic mass is 19.4. The molecule has 20 heavy (non-hydrogen) atoms. The molecule has 2 rings (SSSR count). The number of benzene rings is 1. The van der Waals surface area contributed by atoms with Gasteiger partial charge in [0.05, 0.1) is 5.69 Å². The van der Waals surface area contributed by atoms with Crippen LogP contribution in [0.5, 0.6) is 5.75 Å². The predicted octanol–water partition coefficient (Wildman–Crippen LogP) is 2.67. The minimum absolute atomic E-state index is 0.0150. The fourth-order valence-corrected chi connectivity index (χ4v) is 1.67. The quantitative estimate of drug-likeness (QED) is 0.846. The molecule has 0 heterocycles. The van der Waals surface area contributed by atoms with Crippen LogP contribution in [0.15, 0.2) is 24.3 Å². The summed E-state index contributed by atoms with van der Waals surface area (Å²) in [7, 11) is 0. The van der Waals surface area contributed by atoms with Crippen molar-refractivity contribution in [3.8, 4) is 5.75 Å². The van der Waals surface area contributed by atoms with Crippen molar-refractivity contribution < 1.29 is 22.7 Å². The summed E-state index contributed by atoms with van der Waals surface area (Å²) in [5.41, 5.74) is 0.0150. The first-order valence-corrected chi connectivity index (χ1v) is 6.32. The van der Waals surface area contributed by atoms with Gasteiger partial charge < -0.3 is 15.4 Å². The number of alkyl halides is 3. The van der Waals surface area contributed by atoms with E-state index < -0.39 is 12.1 Å². The zero-order chi connectivity index (χ0) is 14.6. The highest BCUT2D eigenvalue weighted by molar-refractivity contribution is 5.92. The van der Waals surface area contributed by atoms with E-state index in [1.165, 1.54) is 18.2 Å². The molecule has 1 aliphatic rings. The number of nitrogens with one attached hydrogen (secondary N) is 2. The summed E-state index contributed by atoms with van der Waals surface area (Å²) >= 11 is 0. The lowest BCUT2D eigenvalue weighted by molar-refractivity contribution is -0.274. The average Bonchev–Trinajstić information content (AvgIpc) is 3.14. The number of halogens is 3. The number of carbonyl (C=O) groups excluding carboxylic acids is 1. The Morgan fingerprint density at radius 2 is 2.00 bits per heavy atom. The molecule has 0 unspecified atom stereocenters. The first-order valence-electron chi connectivity index (χ1n) is 6.32. The van der Waals surface area contributed by atoms with Crippen LogP contribution in [0.4, 0.5) is 18.9 Å². The van der Waals surface area contributed by atoms with Gasteiger partial charge >= 0.3 is 6.36 Å². The molecule has 4 nitrogen and oxygen atoms in total. The van der Waals surface area contributed by atoms with Crippen molar-refractivity contribution in [2.45, 2.75) is 31.7 Å². The lowest BCUT2D eigenvalue weighted by atomic mass is 10.2. The first-order chi connectivity index (χ1) is 9.44. The van der Waals surface area contributed by atoms with Crippen LogP contribution < -0.4 is 15.4 Å². The topological polar surface area (TPSA) is 50.4 Å². The minimum atomic E-state index is -4.78. The Kier molecular flexibility index (Phi) is 4.49. The lowest BCUT2D eigenvalue weighted by Crippen LogP contribution is -2.24. The number of para-hydroxylation sites is 2. The normalized spacial score (nSPS) is 14.9. The molecule has 1 saturated carbocycles. The summed E-state index contributed by atoms with van der Waals surface area (Å²) < 4.78 is 40.5. The summed E-state index contributed by atoms with van der Waals surface area (Å²) in [6.07, 6.45) is -2.35. The SMILES string of the molecule is O=C(CCNC1CC1)Nc1ccccc1OC(F)(F)F. The van der Waals surface area contributed by atoms with Crippen LogP contribution >= 0.6 is 0 Å². The Labute approximate surface area is 114 Å². The highest BCUT2D eigenvalue weighted by Crippen LogP contribution is 2.29. The third-order valence-electron chi connectivity index (χ3n) is 2.75. The number of anilines is 1. The second kappa shape index (κ2) is 6.13. The summed E-state index contributed by atoms with van der Waals surface area (Å²) in [4.78, 5) is 11.6. The molecule has 1 aromatic rings. The van der Waals surface area contributed by atoms with E-state index in [9.17, 15) is 18.0 Å². The number of rotatable bonds is 6. The molecule has 1 amide bonds. The largest absolute Gasteiger partial charge is 0.573 e. The van der Waals surface area contributed by atoms with Crippen LogP contribution in [-0.2, 0) is 4.79 Å². The van der Waals surface area contributed by atoms with E-state index in [1.807, 2.05) is 0 Å². The number of amides is 1. The Morgan fingerprint density at radius 3 is 2.65 bits per heavy atom. The molecule has 2 N–H and O–H groups in total. The van der Waals surface area contributed by atoms with Crippen molar-refractivity contribution in [1.29, 1.82) is 0 Å². The van der Waals surface area contributed by atoms with Crippen LogP contribution in [0.25, 0.3) is 0 Å². The van der Waals surface area contributed by atoms with Gasteiger partial charge in [0.15, 0.2) is 5.75 Å². The maximum atomic E-state index is 12.2. The van der Waals surface area contributed by atoms with E-state index in [0.717, 1.165) is 18.9 Å². The fourth-order valence-electron chi connectivity index (χ4n) is 1.67. The number of ether oxygens (including phenoxy) is 1. The molecular formula is C13H15F3N2O2. The Bertz CT molecular complexity index is 473. The summed E-state index contributed by atoms with van der Waals surface area (Å²) in [6, 6.07) is 5.95. The summed E-state index contributed by atoms with van der Waals surface area (Å²) in [6.45, 7) is 0.513. The standard InChI is InChI=1S/C13H15F3N2O2/c14-13(15,16)20-11-4-2-1-3-10(11)18-12(19)7-8-17-9-5-6-9/h1-4,9,17H,5-8H2,(H,18,19). The van der Waals surface area contributed by atoms with Gasteiger partial charge in [0.25, 0.3) is 0 Å². The molecule has 0 atom stereocenters. The van der Waals surface area contributed by atoms with Gasteiger partial charge in [-0.15, -0.1) is 13.2 Å². The van der Waals surface area contributed by atoms with Crippen LogP contribution in [0, 0.1) is 0 Å². The van der Waals surface area contributed by atoms with E-state index in [-0.39, 0.29) is 18.0 Å². The minimum Gasteiger partial charge on any atom is -0.404 e. The van der Waals surface area contributed by atoms with E-state index in [2.05, 4.69) is 15.4 Å². The van der Waals surface area contributed by atoms with Crippen molar-refractivity contribution in [3.63, 3.8) is 0 Å². The molecule has 1 fully saturated rings. The van der Waals surface area contributed by atoms with Gasteiger partial charge in [-0.2, -0.15) is 0 Å². The average molecular weight is 288 g/mol. The second-order valence-corrected chi connectivity index (χ2v) is 4.57. The molecule has 0 saturated heterocycles. The molecule has 1 aromatic carbocycles. The van der Waals surface area contributed by atoms with Crippen LogP contribution in [-0.4, -0.2) is 24.9 Å². The first kappa shape index (κ1) is 14.6. The van der Waals surface area contributed by atoms with Gasteiger partial charge in [-0.1, -0.05) is 12.1 Å². The Morgan fingerprint density at radius 1 is 1.30 bits per heavy atom. The monoisotopic (exact) mass is 288 g/mol. The predicted molar refractivity (Wildman–Crippen MR) is 67.4 cm³/mol. The zero-order valence-electron chi connectivity index (χ0n) is 10.7. The van der Waals surface area contributed by atoms with Crippen molar-refractivity contribution >= 4 is 11.6 Å². The highest BCUT2D eigenvalue weighted by Gasteiger charge is 2.32. The van der Waals surface area contributed by atoms with Crippen molar-refractivity contribution in [1.82, 2.24) is 5.32 Å². The van der Waals surface area contributed by atoms with Crippen molar-refractivity contribution in [2.24, 2.45) is 0 Å². The summed E-state index contributed by atoms with van der Waals surface area (Å²) in [5.74, 6) is -0.764. The van der Waals surface area contributed by atoms with E-state index in [4.69, 9.17) is 0 Å². The van der Waals surface area contributed by atoms with E-state index in [1.54, 1.807) is 0 Å². The molecule has 0 bridgehead atoms. The number of hydrogen-bond acceptors (Lipinski definition) is 3. The van der Waals surface area contributed by atoms with Gasteiger partial charge in [0.1, 0.15) is 0 Å². The Hall–Kier alpha value is -1.76. The van der Waals surface area contributed by atoms with Gasteiger partial charge in [0, 0.05) is 19.0 Å². The van der Waals surface area contributed by atoms with Crippen LogP contribution in [0.2, 0.25) is 0 Å². The van der Waals surface area contributed by atoms with Gasteiger partial charge in [-0.3, -0.25) is 4.79 Å². The van der Waals surface area contributed by atoms with Gasteiger partial charge in [-0.05, 0) is 25.0 Å². The van der Waals surface area contributed by atoms with E-state index in [0.29, 0.717) is 12.6 Å². The van der Waals surface area contributed by atoms with Crippen LogP contribution in [0.3, 0.4) is 0 Å². The summed E-state index contributed by atoms with van der Waals surface area (Å²) in [5, 5.41) is 5.58. The Balaban J connectivity index is 1.88. The van der Waals surface area contributed by atoms with Gasteiger partial charge in [0.2, 0.25) is 5.91 Å². The van der Waals surface area contributed by atoms with Crippen molar-refractivity contribution in [2.75, 3.05) is 11.9 Å². The second-order valence-electron chi connectivity index (χ2n) is 4.57. The zero-order valence-corrected chi connectivity index (χ0v) is 10.7. The molecule has 0 radical (unpaired) electrons. The maximum Gasteiger partial charge on any atom is 0.573 e. The van der Waals surface area contributed by atoms with E-state index >= 15 is 0 Å². The van der Waals surface area contributed by atoms with Gasteiger partial charge in [-0.25, -0.2) is 0 Å². The van der Waals surface area contributed by atoms with Crippen molar-refractivity contribution in [3.05, 3.63) is 24.3 Å². The molecule has 0 aromatic heterocycles.